The van der Waals surface area contributed by atoms with Gasteiger partial charge in [0.15, 0.2) is 5.16 Å². The summed E-state index contributed by atoms with van der Waals surface area (Å²) in [6.45, 7) is 4.05. The lowest BCUT2D eigenvalue weighted by Crippen LogP contribution is -2.30. The summed E-state index contributed by atoms with van der Waals surface area (Å²) in [5.41, 5.74) is 2.26. The maximum absolute atomic E-state index is 13.4. The largest absolute Gasteiger partial charge is 0.350 e. The van der Waals surface area contributed by atoms with Crippen molar-refractivity contribution in [3.8, 4) is 0 Å². The topological polar surface area (TPSA) is 93.1 Å². The van der Waals surface area contributed by atoms with Crippen molar-refractivity contribution in [3.05, 3.63) is 99.3 Å². The second-order valence-corrected chi connectivity index (χ2v) is 9.79. The van der Waals surface area contributed by atoms with Gasteiger partial charge >= 0.3 is 0 Å². The van der Waals surface area contributed by atoms with Crippen LogP contribution >= 0.6 is 23.4 Å². The van der Waals surface area contributed by atoms with E-state index in [9.17, 15) is 14.4 Å². The van der Waals surface area contributed by atoms with Crippen LogP contribution in [0.25, 0.3) is 10.9 Å². The van der Waals surface area contributed by atoms with Gasteiger partial charge in [0.2, 0.25) is 5.91 Å². The Bertz CT molecular complexity index is 1470. The quantitative estimate of drug-likeness (QED) is 0.253. The van der Waals surface area contributed by atoms with Gasteiger partial charge in [0.05, 0.1) is 33.9 Å². The average Bonchev–Trinajstić information content (AvgIpc) is 2.86. The van der Waals surface area contributed by atoms with Crippen LogP contribution in [0, 0.1) is 0 Å². The first-order valence-corrected chi connectivity index (χ1v) is 12.7. The fourth-order valence-corrected chi connectivity index (χ4v) is 4.55. The van der Waals surface area contributed by atoms with Crippen LogP contribution in [-0.4, -0.2) is 33.2 Å². The Kier molecular flexibility index (Phi) is 8.07. The molecule has 184 valence electrons. The van der Waals surface area contributed by atoms with E-state index in [1.54, 1.807) is 59.2 Å². The molecular weight excluding hydrogens is 496 g/mol. The number of benzene rings is 3. The number of thioether (sulfide) groups is 1. The van der Waals surface area contributed by atoms with Gasteiger partial charge in [-0.05, 0) is 55.8 Å². The Hall–Kier alpha value is -3.62. The number of hydrogen-bond donors (Lipinski definition) is 2. The number of anilines is 1. The molecule has 3 aromatic carbocycles. The second-order valence-electron chi connectivity index (χ2n) is 8.44. The zero-order chi connectivity index (χ0) is 25.7. The predicted molar refractivity (Wildman–Crippen MR) is 145 cm³/mol. The maximum atomic E-state index is 13.4. The molecule has 4 aromatic rings. The first-order valence-electron chi connectivity index (χ1n) is 11.4. The third-order valence-corrected chi connectivity index (χ3v) is 6.59. The van der Waals surface area contributed by atoms with E-state index in [1.807, 2.05) is 32.0 Å². The molecule has 9 heteroatoms. The Morgan fingerprint density at radius 3 is 2.42 bits per heavy atom. The molecule has 1 aromatic heterocycles. The third kappa shape index (κ3) is 6.13. The molecule has 0 saturated carbocycles. The second kappa shape index (κ2) is 11.4. The van der Waals surface area contributed by atoms with Crippen molar-refractivity contribution in [2.75, 3.05) is 11.1 Å². The van der Waals surface area contributed by atoms with Gasteiger partial charge in [0.1, 0.15) is 0 Å². The molecule has 36 heavy (non-hydrogen) atoms. The summed E-state index contributed by atoms with van der Waals surface area (Å²) in [5, 5.41) is 7.02. The summed E-state index contributed by atoms with van der Waals surface area (Å²) in [5.74, 6) is -0.367. The Morgan fingerprint density at radius 1 is 1.00 bits per heavy atom. The number of carbonyl (C=O) groups is 2. The van der Waals surface area contributed by atoms with Crippen molar-refractivity contribution in [1.82, 2.24) is 14.9 Å². The van der Waals surface area contributed by atoms with Gasteiger partial charge < -0.3 is 10.6 Å². The molecular formula is C27H25ClN4O3S. The molecule has 0 fully saturated rings. The highest BCUT2D eigenvalue weighted by Crippen LogP contribution is 2.23. The highest BCUT2D eigenvalue weighted by Gasteiger charge is 2.15. The molecule has 0 aliphatic rings. The normalized spacial score (nSPS) is 11.0. The molecule has 0 aliphatic heterocycles. The Labute approximate surface area is 217 Å². The molecule has 0 atom stereocenters. The summed E-state index contributed by atoms with van der Waals surface area (Å²) in [4.78, 5) is 42.9. The Balaban J connectivity index is 1.58. The zero-order valence-electron chi connectivity index (χ0n) is 19.8. The number of fused-ring (bicyclic) bond motifs is 1. The van der Waals surface area contributed by atoms with Gasteiger partial charge in [0.25, 0.3) is 11.5 Å². The first kappa shape index (κ1) is 25.5. The van der Waals surface area contributed by atoms with Crippen molar-refractivity contribution < 1.29 is 9.59 Å². The van der Waals surface area contributed by atoms with Crippen molar-refractivity contribution in [3.63, 3.8) is 0 Å². The van der Waals surface area contributed by atoms with Crippen LogP contribution in [0.2, 0.25) is 5.02 Å². The number of nitrogens with one attached hydrogen (secondary N) is 2. The number of halogens is 1. The summed E-state index contributed by atoms with van der Waals surface area (Å²) in [6, 6.07) is 21.2. The van der Waals surface area contributed by atoms with Crippen molar-refractivity contribution >= 4 is 51.8 Å². The molecule has 0 bridgehead atoms. The molecule has 7 nitrogen and oxygen atoms in total. The van der Waals surface area contributed by atoms with Gasteiger partial charge in [-0.2, -0.15) is 0 Å². The van der Waals surface area contributed by atoms with Gasteiger partial charge in [-0.25, -0.2) is 4.98 Å². The lowest BCUT2D eigenvalue weighted by molar-refractivity contribution is -0.113. The SMILES string of the molecule is CC(C)NC(=O)c1ccc(Cn2c(SCC(=O)Nc3ccccc3Cl)nc3ccccc3c2=O)cc1. The van der Waals surface area contributed by atoms with E-state index < -0.39 is 0 Å². The lowest BCUT2D eigenvalue weighted by atomic mass is 10.1. The Morgan fingerprint density at radius 2 is 1.69 bits per heavy atom. The van der Waals surface area contributed by atoms with Gasteiger partial charge in [-0.3, -0.25) is 19.0 Å². The van der Waals surface area contributed by atoms with Gasteiger partial charge in [-0.1, -0.05) is 59.8 Å². The van der Waals surface area contributed by atoms with Crippen LogP contribution in [0.4, 0.5) is 5.69 Å². The minimum absolute atomic E-state index is 0.0362. The van der Waals surface area contributed by atoms with E-state index in [-0.39, 0.29) is 35.7 Å². The third-order valence-electron chi connectivity index (χ3n) is 5.28. The average molecular weight is 521 g/mol. The van der Waals surface area contributed by atoms with Crippen molar-refractivity contribution in [1.29, 1.82) is 0 Å². The molecule has 0 saturated heterocycles. The predicted octanol–water partition coefficient (Wildman–Crippen LogP) is 4.97. The highest BCUT2D eigenvalue weighted by molar-refractivity contribution is 7.99. The summed E-state index contributed by atoms with van der Waals surface area (Å²) in [6.07, 6.45) is 0. The highest BCUT2D eigenvalue weighted by atomic mass is 35.5. The fourth-order valence-electron chi connectivity index (χ4n) is 3.57. The van der Waals surface area contributed by atoms with Crippen LogP contribution in [0.3, 0.4) is 0 Å². The number of nitrogens with zero attached hydrogens (tertiary/aromatic N) is 2. The molecule has 0 spiro atoms. The summed E-state index contributed by atoms with van der Waals surface area (Å²) < 4.78 is 1.55. The molecule has 4 rings (SSSR count). The van der Waals surface area contributed by atoms with E-state index in [2.05, 4.69) is 15.6 Å². The van der Waals surface area contributed by atoms with Gasteiger partial charge in [0, 0.05) is 11.6 Å². The van der Waals surface area contributed by atoms with Crippen LogP contribution in [-0.2, 0) is 11.3 Å². The minimum Gasteiger partial charge on any atom is -0.350 e. The minimum atomic E-state index is -0.262. The van der Waals surface area contributed by atoms with Crippen molar-refractivity contribution in [2.45, 2.75) is 31.6 Å². The van der Waals surface area contributed by atoms with E-state index in [0.717, 1.165) is 5.56 Å². The van der Waals surface area contributed by atoms with Crippen LogP contribution in [0.1, 0.15) is 29.8 Å². The van der Waals surface area contributed by atoms with Crippen LogP contribution in [0.15, 0.2) is 82.7 Å². The number of rotatable bonds is 8. The van der Waals surface area contributed by atoms with E-state index in [0.29, 0.717) is 32.3 Å². The van der Waals surface area contributed by atoms with Crippen molar-refractivity contribution in [2.24, 2.45) is 0 Å². The summed E-state index contributed by atoms with van der Waals surface area (Å²) >= 11 is 7.31. The molecule has 2 N–H and O–H groups in total. The zero-order valence-corrected chi connectivity index (χ0v) is 21.4. The number of amides is 2. The maximum Gasteiger partial charge on any atom is 0.262 e. The fraction of sp³-hybridized carbons (Fsp3) is 0.185. The molecule has 0 radical (unpaired) electrons. The molecule has 1 heterocycles. The smallest absolute Gasteiger partial charge is 0.262 e. The number of hydrogen-bond acceptors (Lipinski definition) is 5. The first-order chi connectivity index (χ1) is 17.3. The number of para-hydroxylation sites is 2. The van der Waals surface area contributed by atoms with E-state index in [1.165, 1.54) is 11.8 Å². The standard InChI is InChI=1S/C27H25ClN4O3S/c1-17(2)29-25(34)19-13-11-18(12-14-19)15-32-26(35)20-7-3-5-9-22(20)31-27(32)36-16-24(33)30-23-10-6-4-8-21(23)28/h3-14,17H,15-16H2,1-2H3,(H,29,34)(H,30,33). The van der Waals surface area contributed by atoms with E-state index in [4.69, 9.17) is 11.6 Å². The van der Waals surface area contributed by atoms with E-state index >= 15 is 0 Å². The van der Waals surface area contributed by atoms with Crippen LogP contribution in [0.5, 0.6) is 0 Å². The summed E-state index contributed by atoms with van der Waals surface area (Å²) in [7, 11) is 0. The molecule has 2 amide bonds. The van der Waals surface area contributed by atoms with Gasteiger partial charge in [-0.15, -0.1) is 0 Å². The van der Waals surface area contributed by atoms with Crippen LogP contribution < -0.4 is 16.2 Å². The number of carbonyl (C=O) groups excluding carboxylic acids is 2. The molecule has 0 unspecified atom stereocenters. The monoisotopic (exact) mass is 520 g/mol. The molecule has 0 aliphatic carbocycles. The lowest BCUT2D eigenvalue weighted by Gasteiger charge is -2.14. The number of aromatic nitrogens is 2.